The lowest BCUT2D eigenvalue weighted by molar-refractivity contribution is 0.264. The molecule has 96 valence electrons. The number of nitrogens with zero attached hydrogens (tertiary/aromatic N) is 1. The maximum atomic E-state index is 2.55. The van der Waals surface area contributed by atoms with Crippen molar-refractivity contribution in [2.45, 2.75) is 31.3 Å². The molecule has 0 N–H and O–H groups in total. The van der Waals surface area contributed by atoms with E-state index < -0.39 is 0 Å². The minimum atomic E-state index is 0.660. The molecule has 0 unspecified atom stereocenters. The fourth-order valence-corrected chi connectivity index (χ4v) is 3.75. The summed E-state index contributed by atoms with van der Waals surface area (Å²) in [5, 5.41) is 2.76. The van der Waals surface area contributed by atoms with Crippen molar-refractivity contribution in [1.82, 2.24) is 4.90 Å². The first-order valence-corrected chi connectivity index (χ1v) is 7.24. The van der Waals surface area contributed by atoms with Crippen molar-refractivity contribution in [2.24, 2.45) is 0 Å². The normalized spacial score (nSPS) is 26.7. The number of rotatable bonds is 1. The molecule has 2 bridgehead atoms. The fraction of sp³-hybridized carbons (Fsp3) is 0.333. The van der Waals surface area contributed by atoms with Crippen LogP contribution in [0, 0.1) is 0 Å². The van der Waals surface area contributed by atoms with Gasteiger partial charge in [0.15, 0.2) is 0 Å². The van der Waals surface area contributed by atoms with Gasteiger partial charge in [0, 0.05) is 12.1 Å². The van der Waals surface area contributed by atoms with Gasteiger partial charge in [-0.05, 0) is 48.2 Å². The summed E-state index contributed by atoms with van der Waals surface area (Å²) in [5.41, 5.74) is 3.01. The van der Waals surface area contributed by atoms with E-state index in [4.69, 9.17) is 0 Å². The second kappa shape index (κ2) is 4.21. The Morgan fingerprint density at radius 2 is 1.84 bits per heavy atom. The van der Waals surface area contributed by atoms with Crippen LogP contribution >= 0.6 is 0 Å². The van der Waals surface area contributed by atoms with Gasteiger partial charge in [-0.1, -0.05) is 48.5 Å². The van der Waals surface area contributed by atoms with E-state index >= 15 is 0 Å². The largest absolute Gasteiger partial charge is 0.297 e. The standard InChI is InChI=1S/C18H19N/c1-19-15-9-10-16(19)12-14(11-15)18-8-4-6-13-5-2-3-7-17(13)18/h2-8,11,15-16H,9-10,12H2,1H3/t15-,16+/m1/s1. The van der Waals surface area contributed by atoms with E-state index in [9.17, 15) is 0 Å². The van der Waals surface area contributed by atoms with E-state index in [0.717, 1.165) is 6.04 Å². The molecule has 4 rings (SSSR count). The monoisotopic (exact) mass is 249 g/mol. The van der Waals surface area contributed by atoms with Gasteiger partial charge in [-0.25, -0.2) is 0 Å². The van der Waals surface area contributed by atoms with Gasteiger partial charge in [-0.15, -0.1) is 0 Å². The molecule has 1 nitrogen and oxygen atoms in total. The summed E-state index contributed by atoms with van der Waals surface area (Å²) in [6, 6.07) is 16.8. The van der Waals surface area contributed by atoms with Crippen LogP contribution in [0.5, 0.6) is 0 Å². The minimum absolute atomic E-state index is 0.660. The molecule has 19 heavy (non-hydrogen) atoms. The molecule has 2 aromatic rings. The Morgan fingerprint density at radius 3 is 2.74 bits per heavy atom. The van der Waals surface area contributed by atoms with Crippen LogP contribution in [-0.4, -0.2) is 24.0 Å². The molecule has 0 saturated carbocycles. The third-order valence-corrected chi connectivity index (χ3v) is 4.88. The molecule has 0 aliphatic carbocycles. The van der Waals surface area contributed by atoms with Crippen LogP contribution in [-0.2, 0) is 0 Å². The second-order valence-electron chi connectivity index (χ2n) is 5.89. The molecule has 1 heteroatoms. The Labute approximate surface area is 114 Å². The molecule has 1 fully saturated rings. The lowest BCUT2D eigenvalue weighted by atomic mass is 9.91. The van der Waals surface area contributed by atoms with Crippen molar-refractivity contribution in [3.63, 3.8) is 0 Å². The van der Waals surface area contributed by atoms with Crippen molar-refractivity contribution in [3.8, 4) is 0 Å². The highest BCUT2D eigenvalue weighted by Gasteiger charge is 2.34. The van der Waals surface area contributed by atoms with Crippen LogP contribution in [0.2, 0.25) is 0 Å². The summed E-state index contributed by atoms with van der Waals surface area (Å²) in [6.45, 7) is 0. The molecular formula is C18H19N. The zero-order chi connectivity index (χ0) is 12.8. The van der Waals surface area contributed by atoms with E-state index in [-0.39, 0.29) is 0 Å². The molecule has 2 heterocycles. The Morgan fingerprint density at radius 1 is 1.00 bits per heavy atom. The second-order valence-corrected chi connectivity index (χ2v) is 5.89. The molecule has 2 aliphatic rings. The maximum Gasteiger partial charge on any atom is 0.0284 e. The predicted octanol–water partition coefficient (Wildman–Crippen LogP) is 4.09. The highest BCUT2D eigenvalue weighted by atomic mass is 15.2. The number of benzene rings is 2. The topological polar surface area (TPSA) is 3.24 Å². The van der Waals surface area contributed by atoms with Crippen molar-refractivity contribution in [3.05, 3.63) is 54.1 Å². The zero-order valence-electron chi connectivity index (χ0n) is 11.3. The van der Waals surface area contributed by atoms with Crippen molar-refractivity contribution in [1.29, 1.82) is 0 Å². The first-order valence-electron chi connectivity index (χ1n) is 7.24. The van der Waals surface area contributed by atoms with Crippen molar-refractivity contribution in [2.75, 3.05) is 7.05 Å². The first-order chi connectivity index (χ1) is 9.33. The SMILES string of the molecule is CN1[C@H]2CC[C@@H]1C=C(c1cccc3ccccc13)C2. The molecule has 2 atom stereocenters. The van der Waals surface area contributed by atoms with Gasteiger partial charge in [0.2, 0.25) is 0 Å². The molecule has 1 saturated heterocycles. The smallest absolute Gasteiger partial charge is 0.0284 e. The molecule has 0 spiro atoms. The number of hydrogen-bond acceptors (Lipinski definition) is 1. The Kier molecular flexibility index (Phi) is 2.49. The third kappa shape index (κ3) is 1.73. The van der Waals surface area contributed by atoms with Gasteiger partial charge in [-0.2, -0.15) is 0 Å². The van der Waals surface area contributed by atoms with Gasteiger partial charge < -0.3 is 0 Å². The quantitative estimate of drug-likeness (QED) is 0.735. The fourth-order valence-electron chi connectivity index (χ4n) is 3.75. The lowest BCUT2D eigenvalue weighted by Crippen LogP contribution is -2.34. The maximum absolute atomic E-state index is 2.55. The summed E-state index contributed by atoms with van der Waals surface area (Å²) in [7, 11) is 2.28. The van der Waals surface area contributed by atoms with Gasteiger partial charge >= 0.3 is 0 Å². The van der Waals surface area contributed by atoms with E-state index in [1.807, 2.05) is 0 Å². The van der Waals surface area contributed by atoms with Crippen LogP contribution in [0.1, 0.15) is 24.8 Å². The van der Waals surface area contributed by atoms with Crippen molar-refractivity contribution >= 4 is 16.3 Å². The third-order valence-electron chi connectivity index (χ3n) is 4.88. The summed E-state index contributed by atoms with van der Waals surface area (Å²) in [5.74, 6) is 0. The van der Waals surface area contributed by atoms with E-state index in [0.29, 0.717) is 6.04 Å². The number of likely N-dealkylation sites (N-methyl/N-ethyl adjacent to an activating group) is 1. The number of hydrogen-bond donors (Lipinski definition) is 0. The Bertz CT molecular complexity index is 650. The first kappa shape index (κ1) is 11.2. The van der Waals surface area contributed by atoms with Gasteiger partial charge in [-0.3, -0.25) is 4.90 Å². The van der Waals surface area contributed by atoms with Gasteiger partial charge in [0.05, 0.1) is 0 Å². The van der Waals surface area contributed by atoms with Crippen LogP contribution in [0.4, 0.5) is 0 Å². The molecule has 2 aromatic carbocycles. The van der Waals surface area contributed by atoms with E-state index in [1.54, 1.807) is 5.57 Å². The van der Waals surface area contributed by atoms with Crippen LogP contribution < -0.4 is 0 Å². The summed E-state index contributed by atoms with van der Waals surface area (Å²) in [6.07, 6.45) is 6.40. The molecule has 0 radical (unpaired) electrons. The molecular weight excluding hydrogens is 230 g/mol. The van der Waals surface area contributed by atoms with E-state index in [2.05, 4.69) is 60.5 Å². The molecule has 2 aliphatic heterocycles. The van der Waals surface area contributed by atoms with Gasteiger partial charge in [0.25, 0.3) is 0 Å². The summed E-state index contributed by atoms with van der Waals surface area (Å²) < 4.78 is 0. The van der Waals surface area contributed by atoms with Gasteiger partial charge in [0.1, 0.15) is 0 Å². The minimum Gasteiger partial charge on any atom is -0.297 e. The average Bonchev–Trinajstić information content (AvgIpc) is 2.67. The Hall–Kier alpha value is -1.60. The lowest BCUT2D eigenvalue weighted by Gasteiger charge is -2.30. The highest BCUT2D eigenvalue weighted by molar-refractivity contribution is 5.94. The molecule has 0 aromatic heterocycles. The average molecular weight is 249 g/mol. The van der Waals surface area contributed by atoms with Crippen LogP contribution in [0.15, 0.2) is 48.5 Å². The van der Waals surface area contributed by atoms with Crippen LogP contribution in [0.25, 0.3) is 16.3 Å². The van der Waals surface area contributed by atoms with Crippen molar-refractivity contribution < 1.29 is 0 Å². The Balaban J connectivity index is 1.86. The molecule has 0 amide bonds. The number of fused-ring (bicyclic) bond motifs is 3. The summed E-state index contributed by atoms with van der Waals surface area (Å²) >= 11 is 0. The van der Waals surface area contributed by atoms with Crippen LogP contribution in [0.3, 0.4) is 0 Å². The van der Waals surface area contributed by atoms with E-state index in [1.165, 1.54) is 35.6 Å². The highest BCUT2D eigenvalue weighted by Crippen LogP contribution is 2.39. The predicted molar refractivity (Wildman–Crippen MR) is 81.1 cm³/mol. The zero-order valence-corrected chi connectivity index (χ0v) is 11.3. The summed E-state index contributed by atoms with van der Waals surface area (Å²) in [4.78, 5) is 2.55.